The normalized spacial score (nSPS) is 13.2. The van der Waals surface area contributed by atoms with E-state index in [2.05, 4.69) is 5.32 Å². The molecule has 0 fully saturated rings. The highest BCUT2D eigenvalue weighted by Crippen LogP contribution is 2.33. The molecule has 0 unspecified atom stereocenters. The molecule has 0 aliphatic carbocycles. The maximum absolute atomic E-state index is 12.6. The topological polar surface area (TPSA) is 49.3 Å². The molecule has 0 amide bonds. The second-order valence-electron chi connectivity index (χ2n) is 5.78. The van der Waals surface area contributed by atoms with Crippen LogP contribution in [-0.4, -0.2) is 17.1 Å². The van der Waals surface area contributed by atoms with Crippen molar-refractivity contribution in [3.05, 3.63) is 46.8 Å². The molecule has 0 radical (unpaired) electrons. The summed E-state index contributed by atoms with van der Waals surface area (Å²) in [6.45, 7) is 4.06. The zero-order valence-corrected chi connectivity index (χ0v) is 14.0. The Morgan fingerprint density at radius 1 is 1.17 bits per heavy atom. The molecular weight excluding hydrogens is 339 g/mol. The second-order valence-corrected chi connectivity index (χ2v) is 6.95. The van der Waals surface area contributed by atoms with Gasteiger partial charge in [-0.2, -0.15) is 13.2 Å². The molecule has 0 aliphatic rings. The lowest BCUT2D eigenvalue weighted by Crippen LogP contribution is -2.40. The van der Waals surface area contributed by atoms with Gasteiger partial charge in [0.15, 0.2) is 0 Å². The van der Waals surface area contributed by atoms with Crippen molar-refractivity contribution in [2.75, 3.05) is 0 Å². The van der Waals surface area contributed by atoms with E-state index in [-0.39, 0.29) is 5.92 Å². The minimum absolute atomic E-state index is 0.0446. The number of nitrogens with one attached hydrogen (secondary N) is 1. The van der Waals surface area contributed by atoms with Crippen LogP contribution in [0.25, 0.3) is 10.4 Å². The standard InChI is InChI=1S/C17H18F3NO2S/c1-10(2)15(16(22)23)21-9-13-7-8-14(24-13)11-3-5-12(6-4-11)17(18,19)20/h3-8,10,15,21H,9H2,1-2H3,(H,22,23)/t15-/m1/s1. The van der Waals surface area contributed by atoms with Crippen LogP contribution < -0.4 is 5.32 Å². The van der Waals surface area contributed by atoms with Crippen LogP contribution in [0.3, 0.4) is 0 Å². The molecule has 1 heterocycles. The molecule has 24 heavy (non-hydrogen) atoms. The fraction of sp³-hybridized carbons (Fsp3) is 0.353. The molecule has 1 aromatic carbocycles. The molecule has 1 atom stereocenters. The Morgan fingerprint density at radius 2 is 1.79 bits per heavy atom. The summed E-state index contributed by atoms with van der Waals surface area (Å²) in [6, 6.07) is 8.05. The maximum atomic E-state index is 12.6. The van der Waals surface area contributed by atoms with E-state index in [1.54, 1.807) is 0 Å². The molecule has 3 nitrogen and oxygen atoms in total. The molecule has 0 spiro atoms. The Kier molecular flexibility index (Phi) is 5.66. The van der Waals surface area contributed by atoms with Crippen LogP contribution in [0.2, 0.25) is 0 Å². The number of carboxylic acids is 1. The zero-order valence-electron chi connectivity index (χ0n) is 13.2. The van der Waals surface area contributed by atoms with E-state index >= 15 is 0 Å². The van der Waals surface area contributed by atoms with Crippen molar-refractivity contribution >= 4 is 17.3 Å². The number of benzene rings is 1. The number of carboxylic acid groups (broad SMARTS) is 1. The average molecular weight is 357 g/mol. The highest BCUT2D eigenvalue weighted by Gasteiger charge is 2.30. The van der Waals surface area contributed by atoms with Crippen molar-refractivity contribution in [1.82, 2.24) is 5.32 Å². The van der Waals surface area contributed by atoms with Gasteiger partial charge in [-0.15, -0.1) is 11.3 Å². The first-order valence-electron chi connectivity index (χ1n) is 7.41. The van der Waals surface area contributed by atoms with Gasteiger partial charge in [0.2, 0.25) is 0 Å². The number of thiophene rings is 1. The highest BCUT2D eigenvalue weighted by molar-refractivity contribution is 7.15. The summed E-state index contributed by atoms with van der Waals surface area (Å²) >= 11 is 1.43. The van der Waals surface area contributed by atoms with Gasteiger partial charge >= 0.3 is 12.1 Å². The SMILES string of the molecule is CC(C)[C@@H](NCc1ccc(-c2ccc(C(F)(F)F)cc2)s1)C(=O)O. The van der Waals surface area contributed by atoms with Crippen LogP contribution in [0.1, 0.15) is 24.3 Å². The monoisotopic (exact) mass is 357 g/mol. The summed E-state index contributed by atoms with van der Waals surface area (Å²) in [5, 5.41) is 12.1. The van der Waals surface area contributed by atoms with Gasteiger partial charge in [0.1, 0.15) is 6.04 Å². The van der Waals surface area contributed by atoms with Gasteiger partial charge in [0, 0.05) is 16.3 Å². The number of aliphatic carboxylic acids is 1. The lowest BCUT2D eigenvalue weighted by molar-refractivity contribution is -0.140. The van der Waals surface area contributed by atoms with Gasteiger partial charge < -0.3 is 5.11 Å². The van der Waals surface area contributed by atoms with E-state index in [1.807, 2.05) is 26.0 Å². The minimum Gasteiger partial charge on any atom is -0.480 e. The van der Waals surface area contributed by atoms with Crippen LogP contribution in [0.5, 0.6) is 0 Å². The summed E-state index contributed by atoms with van der Waals surface area (Å²) in [4.78, 5) is 12.9. The molecule has 2 N–H and O–H groups in total. The molecule has 2 aromatic rings. The van der Waals surface area contributed by atoms with Gasteiger partial charge in [-0.3, -0.25) is 10.1 Å². The quantitative estimate of drug-likeness (QED) is 0.792. The molecule has 1 aromatic heterocycles. The highest BCUT2D eigenvalue weighted by atomic mass is 32.1. The van der Waals surface area contributed by atoms with Crippen molar-refractivity contribution in [3.8, 4) is 10.4 Å². The third-order valence-electron chi connectivity index (χ3n) is 3.59. The first-order valence-corrected chi connectivity index (χ1v) is 8.22. The number of alkyl halides is 3. The third kappa shape index (κ3) is 4.58. The molecule has 2 rings (SSSR count). The van der Waals surface area contributed by atoms with Crippen LogP contribution >= 0.6 is 11.3 Å². The summed E-state index contributed by atoms with van der Waals surface area (Å²) in [7, 11) is 0. The van der Waals surface area contributed by atoms with Crippen molar-refractivity contribution in [2.24, 2.45) is 5.92 Å². The Bertz CT molecular complexity index is 693. The molecule has 0 saturated heterocycles. The number of hydrogen-bond acceptors (Lipinski definition) is 3. The van der Waals surface area contributed by atoms with Crippen molar-refractivity contribution in [3.63, 3.8) is 0 Å². The maximum Gasteiger partial charge on any atom is 0.416 e. The van der Waals surface area contributed by atoms with Gasteiger partial charge in [0.25, 0.3) is 0 Å². The summed E-state index contributed by atoms with van der Waals surface area (Å²) in [5.41, 5.74) is 0.0313. The summed E-state index contributed by atoms with van der Waals surface area (Å²) in [5.74, 6) is -0.943. The zero-order chi connectivity index (χ0) is 17.9. The van der Waals surface area contributed by atoms with Crippen LogP contribution in [0, 0.1) is 5.92 Å². The summed E-state index contributed by atoms with van der Waals surface area (Å²) in [6.07, 6.45) is -4.34. The molecule has 0 aliphatic heterocycles. The molecule has 130 valence electrons. The molecule has 7 heteroatoms. The van der Waals surface area contributed by atoms with Crippen LogP contribution in [0.15, 0.2) is 36.4 Å². The third-order valence-corrected chi connectivity index (χ3v) is 4.72. The van der Waals surface area contributed by atoms with E-state index < -0.39 is 23.8 Å². The number of carbonyl (C=O) groups is 1. The fourth-order valence-electron chi connectivity index (χ4n) is 2.27. The predicted octanol–water partition coefficient (Wildman–Crippen LogP) is 4.63. The van der Waals surface area contributed by atoms with Crippen molar-refractivity contribution in [1.29, 1.82) is 0 Å². The predicted molar refractivity (Wildman–Crippen MR) is 87.9 cm³/mol. The van der Waals surface area contributed by atoms with Crippen molar-refractivity contribution < 1.29 is 23.1 Å². The Morgan fingerprint density at radius 3 is 2.29 bits per heavy atom. The van der Waals surface area contributed by atoms with E-state index in [4.69, 9.17) is 5.11 Å². The number of rotatable bonds is 6. The van der Waals surface area contributed by atoms with E-state index in [9.17, 15) is 18.0 Å². The fourth-order valence-corrected chi connectivity index (χ4v) is 3.23. The first-order chi connectivity index (χ1) is 11.2. The van der Waals surface area contributed by atoms with Gasteiger partial charge in [0.05, 0.1) is 5.56 Å². The van der Waals surface area contributed by atoms with Gasteiger partial charge in [-0.25, -0.2) is 0 Å². The van der Waals surface area contributed by atoms with Crippen molar-refractivity contribution in [2.45, 2.75) is 32.6 Å². The largest absolute Gasteiger partial charge is 0.480 e. The molecule has 0 saturated carbocycles. The van der Waals surface area contributed by atoms with E-state index in [0.29, 0.717) is 12.1 Å². The number of halogens is 3. The lowest BCUT2D eigenvalue weighted by Gasteiger charge is -2.17. The smallest absolute Gasteiger partial charge is 0.416 e. The van der Waals surface area contributed by atoms with Crippen LogP contribution in [-0.2, 0) is 17.5 Å². The van der Waals surface area contributed by atoms with Gasteiger partial charge in [-0.05, 0) is 35.7 Å². The molecule has 0 bridgehead atoms. The minimum atomic E-state index is -4.34. The van der Waals surface area contributed by atoms with Crippen LogP contribution in [0.4, 0.5) is 13.2 Å². The second kappa shape index (κ2) is 7.36. The lowest BCUT2D eigenvalue weighted by atomic mass is 10.1. The Hall–Kier alpha value is -1.86. The van der Waals surface area contributed by atoms with Gasteiger partial charge in [-0.1, -0.05) is 26.0 Å². The first kappa shape index (κ1) is 18.5. The Labute approximate surface area is 142 Å². The average Bonchev–Trinajstić information content (AvgIpc) is 2.95. The Balaban J connectivity index is 2.06. The van der Waals surface area contributed by atoms with E-state index in [0.717, 1.165) is 21.9 Å². The summed E-state index contributed by atoms with van der Waals surface area (Å²) < 4.78 is 37.7. The number of hydrogen-bond donors (Lipinski definition) is 2. The van der Waals surface area contributed by atoms with E-state index in [1.165, 1.54) is 23.5 Å². The molecular formula is C17H18F3NO2S.